The van der Waals surface area contributed by atoms with Gasteiger partial charge in [0, 0.05) is 48.1 Å². The summed E-state index contributed by atoms with van der Waals surface area (Å²) in [5.74, 6) is 0. The van der Waals surface area contributed by atoms with E-state index in [1.807, 2.05) is 30.1 Å². The van der Waals surface area contributed by atoms with E-state index in [9.17, 15) is 5.11 Å². The van der Waals surface area contributed by atoms with Gasteiger partial charge in [-0.15, -0.1) is 0 Å². The predicted molar refractivity (Wildman–Crippen MR) is 71.1 cm³/mol. The van der Waals surface area contributed by atoms with Gasteiger partial charge in [0.05, 0.1) is 6.10 Å². The van der Waals surface area contributed by atoms with E-state index in [4.69, 9.17) is 5.73 Å². The minimum absolute atomic E-state index is 0.366. The van der Waals surface area contributed by atoms with Gasteiger partial charge in [-0.1, -0.05) is 0 Å². The number of aromatic nitrogens is 1. The van der Waals surface area contributed by atoms with Crippen molar-refractivity contribution >= 4 is 22.1 Å². The lowest BCUT2D eigenvalue weighted by Crippen LogP contribution is -2.27. The Bertz CT molecular complexity index is 525. The van der Waals surface area contributed by atoms with Crippen molar-refractivity contribution in [3.05, 3.63) is 30.6 Å². The third-order valence-electron chi connectivity index (χ3n) is 2.78. The molecule has 4 heteroatoms. The molecule has 0 spiro atoms. The number of hydrogen-bond acceptors (Lipinski definition) is 4. The molecule has 17 heavy (non-hydrogen) atoms. The van der Waals surface area contributed by atoms with E-state index in [0.29, 0.717) is 6.54 Å². The number of pyridine rings is 1. The van der Waals surface area contributed by atoms with Gasteiger partial charge >= 0.3 is 0 Å². The molecule has 0 radical (unpaired) electrons. The van der Waals surface area contributed by atoms with Gasteiger partial charge in [-0.25, -0.2) is 0 Å². The molecule has 1 unspecified atom stereocenters. The third-order valence-corrected chi connectivity index (χ3v) is 2.78. The van der Waals surface area contributed by atoms with Crippen molar-refractivity contribution in [2.45, 2.75) is 13.0 Å². The van der Waals surface area contributed by atoms with Gasteiger partial charge in [0.2, 0.25) is 0 Å². The van der Waals surface area contributed by atoms with Crippen LogP contribution in [0.15, 0.2) is 30.6 Å². The fraction of sp³-hybridized carbons (Fsp3) is 0.308. The number of hydrogen-bond donors (Lipinski definition) is 2. The molecule has 0 bridgehead atoms. The molecule has 4 nitrogen and oxygen atoms in total. The lowest BCUT2D eigenvalue weighted by molar-refractivity contribution is 0.202. The second kappa shape index (κ2) is 4.59. The zero-order valence-electron chi connectivity index (χ0n) is 10.1. The number of likely N-dealkylation sites (N-methyl/N-ethyl adjacent to an activating group) is 1. The Kier molecular flexibility index (Phi) is 3.15. The molecule has 1 heterocycles. The Hall–Kier alpha value is -1.81. The largest absolute Gasteiger partial charge is 0.398 e. The van der Waals surface area contributed by atoms with Crippen LogP contribution in [0.5, 0.6) is 0 Å². The molecule has 1 atom stereocenters. The van der Waals surface area contributed by atoms with E-state index in [-0.39, 0.29) is 6.10 Å². The number of aliphatic hydroxyl groups excluding tert-OH is 1. The highest BCUT2D eigenvalue weighted by Crippen LogP contribution is 2.29. The Labute approximate surface area is 101 Å². The van der Waals surface area contributed by atoms with Crippen LogP contribution in [0.2, 0.25) is 0 Å². The molecule has 0 amide bonds. The van der Waals surface area contributed by atoms with E-state index >= 15 is 0 Å². The SMILES string of the molecule is CC(O)CN(C)c1ccc(N)c2cnccc12. The highest BCUT2D eigenvalue weighted by molar-refractivity contribution is 6.00. The fourth-order valence-electron chi connectivity index (χ4n) is 2.02. The molecule has 90 valence electrons. The fourth-order valence-corrected chi connectivity index (χ4v) is 2.02. The molecule has 2 aromatic rings. The van der Waals surface area contributed by atoms with Crippen LogP contribution in [0.3, 0.4) is 0 Å². The van der Waals surface area contributed by atoms with Crippen LogP contribution in [0.1, 0.15) is 6.92 Å². The number of rotatable bonds is 3. The van der Waals surface area contributed by atoms with Gasteiger partial charge in [-0.2, -0.15) is 0 Å². The third kappa shape index (κ3) is 2.31. The summed E-state index contributed by atoms with van der Waals surface area (Å²) in [6.45, 7) is 2.36. The number of nitrogens with zero attached hydrogens (tertiary/aromatic N) is 2. The second-order valence-electron chi connectivity index (χ2n) is 4.32. The molecular weight excluding hydrogens is 214 g/mol. The van der Waals surface area contributed by atoms with Gasteiger partial charge in [0.15, 0.2) is 0 Å². The summed E-state index contributed by atoms with van der Waals surface area (Å²) in [7, 11) is 1.96. The molecule has 0 aliphatic carbocycles. The van der Waals surface area contributed by atoms with Crippen molar-refractivity contribution < 1.29 is 5.11 Å². The van der Waals surface area contributed by atoms with E-state index < -0.39 is 0 Å². The number of nitrogens with two attached hydrogens (primary N) is 1. The van der Waals surface area contributed by atoms with Crippen molar-refractivity contribution in [1.82, 2.24) is 4.98 Å². The van der Waals surface area contributed by atoms with E-state index in [1.54, 1.807) is 19.3 Å². The molecular formula is C13H17N3O. The molecule has 0 saturated carbocycles. The van der Waals surface area contributed by atoms with Crippen LogP contribution in [-0.4, -0.2) is 29.8 Å². The molecule has 2 rings (SSSR count). The first kappa shape index (κ1) is 11.7. The molecule has 0 fully saturated rings. The van der Waals surface area contributed by atoms with Gasteiger partial charge < -0.3 is 15.7 Å². The van der Waals surface area contributed by atoms with Crippen molar-refractivity contribution in [3.63, 3.8) is 0 Å². The van der Waals surface area contributed by atoms with E-state index in [0.717, 1.165) is 22.1 Å². The van der Waals surface area contributed by atoms with Crippen LogP contribution in [0.4, 0.5) is 11.4 Å². The summed E-state index contributed by atoms with van der Waals surface area (Å²) in [5, 5.41) is 11.4. The first-order valence-electron chi connectivity index (χ1n) is 5.61. The molecule has 0 aliphatic heterocycles. The van der Waals surface area contributed by atoms with Crippen LogP contribution >= 0.6 is 0 Å². The Morgan fingerprint density at radius 2 is 2.12 bits per heavy atom. The highest BCUT2D eigenvalue weighted by atomic mass is 16.3. The summed E-state index contributed by atoms with van der Waals surface area (Å²) >= 11 is 0. The molecule has 1 aromatic heterocycles. The van der Waals surface area contributed by atoms with Crippen molar-refractivity contribution in [1.29, 1.82) is 0 Å². The first-order chi connectivity index (χ1) is 8.09. The summed E-state index contributed by atoms with van der Waals surface area (Å²) in [5.41, 5.74) is 7.70. The van der Waals surface area contributed by atoms with Gasteiger partial charge in [0.1, 0.15) is 0 Å². The minimum atomic E-state index is -0.366. The maximum atomic E-state index is 9.43. The molecule has 0 aliphatic rings. The maximum absolute atomic E-state index is 9.43. The average Bonchev–Trinajstić information content (AvgIpc) is 2.29. The van der Waals surface area contributed by atoms with Gasteiger partial charge in [-0.3, -0.25) is 4.98 Å². The standard InChI is InChI=1S/C13H17N3O/c1-9(17)8-16(2)13-4-3-12(14)11-7-15-6-5-10(11)13/h3-7,9,17H,8,14H2,1-2H3. The molecule has 1 aromatic carbocycles. The topological polar surface area (TPSA) is 62.4 Å². The summed E-state index contributed by atoms with van der Waals surface area (Å²) in [6.07, 6.45) is 3.15. The average molecular weight is 231 g/mol. The Balaban J connectivity index is 2.51. The van der Waals surface area contributed by atoms with Crippen LogP contribution in [0.25, 0.3) is 10.8 Å². The Morgan fingerprint density at radius 3 is 2.82 bits per heavy atom. The van der Waals surface area contributed by atoms with Crippen molar-refractivity contribution in [3.8, 4) is 0 Å². The second-order valence-corrected chi connectivity index (χ2v) is 4.32. The van der Waals surface area contributed by atoms with E-state index in [1.165, 1.54) is 0 Å². The predicted octanol–water partition coefficient (Wildman–Crippen LogP) is 1.63. The van der Waals surface area contributed by atoms with Crippen molar-refractivity contribution in [2.75, 3.05) is 24.2 Å². The summed E-state index contributed by atoms with van der Waals surface area (Å²) in [6, 6.07) is 5.79. The lowest BCUT2D eigenvalue weighted by atomic mass is 10.1. The first-order valence-corrected chi connectivity index (χ1v) is 5.61. The van der Waals surface area contributed by atoms with Crippen LogP contribution < -0.4 is 10.6 Å². The highest BCUT2D eigenvalue weighted by Gasteiger charge is 2.09. The zero-order valence-corrected chi connectivity index (χ0v) is 10.1. The number of benzene rings is 1. The lowest BCUT2D eigenvalue weighted by Gasteiger charge is -2.23. The van der Waals surface area contributed by atoms with Gasteiger partial charge in [0.25, 0.3) is 0 Å². The monoisotopic (exact) mass is 231 g/mol. The minimum Gasteiger partial charge on any atom is -0.398 e. The zero-order chi connectivity index (χ0) is 12.4. The van der Waals surface area contributed by atoms with Crippen molar-refractivity contribution in [2.24, 2.45) is 0 Å². The smallest absolute Gasteiger partial charge is 0.0686 e. The number of aliphatic hydroxyl groups is 1. The molecule has 0 saturated heterocycles. The van der Waals surface area contributed by atoms with Crippen LogP contribution in [0, 0.1) is 0 Å². The number of anilines is 2. The molecule has 3 N–H and O–H groups in total. The Morgan fingerprint density at radius 1 is 1.35 bits per heavy atom. The number of fused-ring (bicyclic) bond motifs is 1. The van der Waals surface area contributed by atoms with Gasteiger partial charge in [-0.05, 0) is 25.1 Å². The van der Waals surface area contributed by atoms with Crippen LogP contribution in [-0.2, 0) is 0 Å². The normalized spacial score (nSPS) is 12.6. The maximum Gasteiger partial charge on any atom is 0.0686 e. The number of nitrogen functional groups attached to an aromatic ring is 1. The summed E-state index contributed by atoms with van der Waals surface area (Å²) in [4.78, 5) is 6.11. The van der Waals surface area contributed by atoms with E-state index in [2.05, 4.69) is 4.98 Å². The quantitative estimate of drug-likeness (QED) is 0.788. The summed E-state index contributed by atoms with van der Waals surface area (Å²) < 4.78 is 0.